The number of nitro groups is 1. The number of hydrogen-bond donors (Lipinski definition) is 1. The van der Waals surface area contributed by atoms with Gasteiger partial charge in [0, 0.05) is 6.07 Å². The molecule has 1 heterocycles. The first kappa shape index (κ1) is 14.0. The number of carbonyl (C=O) groups excluding carboxylic acids is 1. The second-order valence-corrected chi connectivity index (χ2v) is 5.29. The number of thiophene rings is 1. The van der Waals surface area contributed by atoms with Gasteiger partial charge in [-0.05, 0) is 12.1 Å². The molecule has 8 heteroatoms. The standard InChI is InChI=1S/C12H6ClN3O3S/c13-11-9(16(18)19)5-10(20-11)12(17)15-8-4-2-1-3-7(8)6-14/h1-5H,(H,15,17). The van der Waals surface area contributed by atoms with Crippen LogP contribution in [0.4, 0.5) is 11.4 Å². The van der Waals surface area contributed by atoms with Crippen molar-refractivity contribution in [3.63, 3.8) is 0 Å². The lowest BCUT2D eigenvalue weighted by molar-refractivity contribution is -0.384. The van der Waals surface area contributed by atoms with Gasteiger partial charge in [0.1, 0.15) is 10.9 Å². The number of carbonyl (C=O) groups is 1. The molecule has 100 valence electrons. The van der Waals surface area contributed by atoms with Gasteiger partial charge in [0.15, 0.2) is 4.34 Å². The highest BCUT2D eigenvalue weighted by Crippen LogP contribution is 2.34. The van der Waals surface area contributed by atoms with E-state index < -0.39 is 10.8 Å². The van der Waals surface area contributed by atoms with E-state index in [-0.39, 0.29) is 14.9 Å². The van der Waals surface area contributed by atoms with Gasteiger partial charge in [0.25, 0.3) is 11.6 Å². The number of amides is 1. The van der Waals surface area contributed by atoms with Crippen LogP contribution in [0.5, 0.6) is 0 Å². The Morgan fingerprint density at radius 2 is 2.15 bits per heavy atom. The molecular formula is C12H6ClN3O3S. The maximum atomic E-state index is 12.0. The van der Waals surface area contributed by atoms with Crippen LogP contribution in [-0.4, -0.2) is 10.8 Å². The van der Waals surface area contributed by atoms with Crippen molar-refractivity contribution < 1.29 is 9.72 Å². The summed E-state index contributed by atoms with van der Waals surface area (Å²) >= 11 is 6.50. The summed E-state index contributed by atoms with van der Waals surface area (Å²) in [6, 6.07) is 9.51. The highest BCUT2D eigenvalue weighted by Gasteiger charge is 2.21. The summed E-state index contributed by atoms with van der Waals surface area (Å²) < 4.78 is -0.0614. The number of anilines is 1. The van der Waals surface area contributed by atoms with Gasteiger partial charge in [0.2, 0.25) is 0 Å². The van der Waals surface area contributed by atoms with Crippen molar-refractivity contribution >= 4 is 40.2 Å². The first-order chi connectivity index (χ1) is 9.52. The van der Waals surface area contributed by atoms with E-state index in [0.29, 0.717) is 11.3 Å². The third-order valence-electron chi connectivity index (χ3n) is 2.38. The largest absolute Gasteiger partial charge is 0.320 e. The van der Waals surface area contributed by atoms with Crippen LogP contribution in [0, 0.1) is 21.4 Å². The number of para-hydroxylation sites is 1. The van der Waals surface area contributed by atoms with Crippen LogP contribution in [0.2, 0.25) is 4.34 Å². The maximum Gasteiger partial charge on any atom is 0.299 e. The third kappa shape index (κ3) is 2.77. The third-order valence-corrected chi connectivity index (χ3v) is 3.72. The van der Waals surface area contributed by atoms with Gasteiger partial charge in [-0.1, -0.05) is 23.7 Å². The minimum atomic E-state index is -0.654. The fourth-order valence-corrected chi connectivity index (χ4v) is 2.59. The predicted octanol–water partition coefficient (Wildman–Crippen LogP) is 3.43. The molecule has 0 aliphatic rings. The molecule has 1 aromatic heterocycles. The van der Waals surface area contributed by atoms with Crippen LogP contribution >= 0.6 is 22.9 Å². The number of nitriles is 1. The Bertz CT molecular complexity index is 736. The van der Waals surface area contributed by atoms with E-state index in [4.69, 9.17) is 16.9 Å². The van der Waals surface area contributed by atoms with Crippen LogP contribution < -0.4 is 5.32 Å². The summed E-state index contributed by atoms with van der Waals surface area (Å²) in [4.78, 5) is 22.1. The van der Waals surface area contributed by atoms with Crippen molar-refractivity contribution in [2.24, 2.45) is 0 Å². The van der Waals surface area contributed by atoms with E-state index in [1.165, 1.54) is 0 Å². The molecule has 0 aliphatic carbocycles. The highest BCUT2D eigenvalue weighted by atomic mass is 35.5. The number of benzene rings is 1. The number of nitrogens with one attached hydrogen (secondary N) is 1. The fraction of sp³-hybridized carbons (Fsp3) is 0. The molecule has 2 rings (SSSR count). The van der Waals surface area contributed by atoms with Crippen molar-refractivity contribution in [1.29, 1.82) is 5.26 Å². The molecule has 0 spiro atoms. The minimum absolute atomic E-state index is 0.0614. The number of hydrogen-bond acceptors (Lipinski definition) is 5. The van der Waals surface area contributed by atoms with Gasteiger partial charge >= 0.3 is 0 Å². The molecule has 1 N–H and O–H groups in total. The van der Waals surface area contributed by atoms with Gasteiger partial charge in [-0.15, -0.1) is 11.3 Å². The fourth-order valence-electron chi connectivity index (χ4n) is 1.47. The summed E-state index contributed by atoms with van der Waals surface area (Å²) in [6.45, 7) is 0. The van der Waals surface area contributed by atoms with Crippen molar-refractivity contribution in [2.75, 3.05) is 5.32 Å². The summed E-state index contributed by atoms with van der Waals surface area (Å²) in [5.74, 6) is -0.548. The monoisotopic (exact) mass is 307 g/mol. The van der Waals surface area contributed by atoms with E-state index in [9.17, 15) is 14.9 Å². The summed E-state index contributed by atoms with van der Waals surface area (Å²) in [6.07, 6.45) is 0. The van der Waals surface area contributed by atoms with E-state index in [1.807, 2.05) is 6.07 Å². The first-order valence-electron chi connectivity index (χ1n) is 5.27. The van der Waals surface area contributed by atoms with Gasteiger partial charge < -0.3 is 5.32 Å². The Kier molecular flexibility index (Phi) is 3.98. The van der Waals surface area contributed by atoms with E-state index in [2.05, 4.69) is 5.32 Å². The molecule has 0 fully saturated rings. The summed E-state index contributed by atoms with van der Waals surface area (Å²) in [5.41, 5.74) is 0.334. The second-order valence-electron chi connectivity index (χ2n) is 3.64. The first-order valence-corrected chi connectivity index (χ1v) is 6.46. The lowest BCUT2D eigenvalue weighted by atomic mass is 10.2. The normalized spacial score (nSPS) is 9.80. The molecule has 2 aromatic rings. The summed E-state index contributed by atoms with van der Waals surface area (Å²) in [7, 11) is 0. The lowest BCUT2D eigenvalue weighted by Crippen LogP contribution is -2.11. The molecular weight excluding hydrogens is 302 g/mol. The zero-order chi connectivity index (χ0) is 14.7. The highest BCUT2D eigenvalue weighted by molar-refractivity contribution is 7.18. The number of nitrogens with zero attached hydrogens (tertiary/aromatic N) is 2. The molecule has 0 unspecified atom stereocenters. The molecule has 0 saturated carbocycles. The zero-order valence-electron chi connectivity index (χ0n) is 9.79. The van der Waals surface area contributed by atoms with E-state index >= 15 is 0 Å². The topological polar surface area (TPSA) is 96.0 Å². The quantitative estimate of drug-likeness (QED) is 0.694. The zero-order valence-corrected chi connectivity index (χ0v) is 11.4. The molecule has 0 bridgehead atoms. The Morgan fingerprint density at radius 1 is 1.45 bits per heavy atom. The van der Waals surface area contributed by atoms with Crippen molar-refractivity contribution in [3.05, 3.63) is 55.2 Å². The van der Waals surface area contributed by atoms with Crippen LogP contribution in [0.15, 0.2) is 30.3 Å². The smallest absolute Gasteiger partial charge is 0.299 e. The molecule has 1 aromatic carbocycles. The second kappa shape index (κ2) is 5.69. The number of rotatable bonds is 3. The average Bonchev–Trinajstić information content (AvgIpc) is 2.81. The lowest BCUT2D eigenvalue weighted by Gasteiger charge is -2.04. The minimum Gasteiger partial charge on any atom is -0.320 e. The summed E-state index contributed by atoms with van der Waals surface area (Å²) in [5, 5.41) is 22.1. The van der Waals surface area contributed by atoms with Crippen LogP contribution in [0.25, 0.3) is 0 Å². The van der Waals surface area contributed by atoms with Crippen LogP contribution in [0.3, 0.4) is 0 Å². The average molecular weight is 308 g/mol. The SMILES string of the molecule is N#Cc1ccccc1NC(=O)c1cc([N+](=O)[O-])c(Cl)s1. The predicted molar refractivity (Wildman–Crippen MR) is 75.1 cm³/mol. The van der Waals surface area contributed by atoms with Crippen molar-refractivity contribution in [3.8, 4) is 6.07 Å². The molecule has 1 amide bonds. The molecule has 0 atom stereocenters. The Hall–Kier alpha value is -2.43. The number of halogens is 1. The van der Waals surface area contributed by atoms with Gasteiger partial charge in [-0.2, -0.15) is 5.26 Å². The van der Waals surface area contributed by atoms with Crippen LogP contribution in [0.1, 0.15) is 15.2 Å². The van der Waals surface area contributed by atoms with Gasteiger partial charge in [-0.25, -0.2) is 0 Å². The van der Waals surface area contributed by atoms with Crippen LogP contribution in [-0.2, 0) is 0 Å². The molecule has 20 heavy (non-hydrogen) atoms. The van der Waals surface area contributed by atoms with E-state index in [1.54, 1.807) is 24.3 Å². The van der Waals surface area contributed by atoms with E-state index in [0.717, 1.165) is 17.4 Å². The molecule has 6 nitrogen and oxygen atoms in total. The Labute approximate surface area is 122 Å². The van der Waals surface area contributed by atoms with Gasteiger partial charge in [0.05, 0.1) is 16.2 Å². The van der Waals surface area contributed by atoms with Crippen molar-refractivity contribution in [1.82, 2.24) is 0 Å². The molecule has 0 saturated heterocycles. The Morgan fingerprint density at radius 3 is 2.75 bits per heavy atom. The maximum absolute atomic E-state index is 12.0. The van der Waals surface area contributed by atoms with Crippen molar-refractivity contribution in [2.45, 2.75) is 0 Å². The molecule has 0 aliphatic heterocycles. The van der Waals surface area contributed by atoms with Gasteiger partial charge in [-0.3, -0.25) is 14.9 Å². The molecule has 0 radical (unpaired) electrons. The Balaban J connectivity index is 2.27.